The first kappa shape index (κ1) is 17.7. The van der Waals surface area contributed by atoms with Crippen LogP contribution in [-0.2, 0) is 4.79 Å². The summed E-state index contributed by atoms with van der Waals surface area (Å²) in [6, 6.07) is 3.62. The molecule has 0 aliphatic heterocycles. The molecule has 1 aromatic heterocycles. The number of hydrogen-bond acceptors (Lipinski definition) is 4. The molecule has 1 aromatic rings. The molecule has 1 rings (SSSR count). The molecule has 0 fully saturated rings. The van der Waals surface area contributed by atoms with E-state index >= 15 is 0 Å². The number of carbonyl (C=O) groups is 2. The van der Waals surface area contributed by atoms with Crippen molar-refractivity contribution in [1.29, 1.82) is 0 Å². The third-order valence-corrected chi connectivity index (χ3v) is 3.99. The van der Waals surface area contributed by atoms with Crippen molar-refractivity contribution in [2.24, 2.45) is 5.92 Å². The van der Waals surface area contributed by atoms with Crippen LogP contribution in [0.1, 0.15) is 42.3 Å². The molecule has 3 N–H and O–H groups in total. The predicted octanol–water partition coefficient (Wildman–Crippen LogP) is 1.78. The van der Waals surface area contributed by atoms with Crippen molar-refractivity contribution in [1.82, 2.24) is 10.6 Å². The molecule has 0 saturated carbocycles. The van der Waals surface area contributed by atoms with Crippen LogP contribution in [0.15, 0.2) is 17.5 Å². The van der Waals surface area contributed by atoms with E-state index in [0.717, 1.165) is 12.8 Å². The summed E-state index contributed by atoms with van der Waals surface area (Å²) in [6.07, 6.45) is 2.84. The molecule has 118 valence electrons. The number of amides is 2. The Morgan fingerprint density at radius 3 is 2.71 bits per heavy atom. The number of aliphatic hydroxyl groups excluding tert-OH is 1. The Morgan fingerprint density at radius 1 is 1.29 bits per heavy atom. The third-order valence-electron chi connectivity index (χ3n) is 3.12. The second-order valence-electron chi connectivity index (χ2n) is 5.12. The van der Waals surface area contributed by atoms with Crippen LogP contribution in [0.2, 0.25) is 0 Å². The summed E-state index contributed by atoms with van der Waals surface area (Å²) in [5.41, 5.74) is 0. The summed E-state index contributed by atoms with van der Waals surface area (Å²) in [5.74, 6) is 0.217. The highest BCUT2D eigenvalue weighted by atomic mass is 32.1. The second-order valence-corrected chi connectivity index (χ2v) is 6.06. The van der Waals surface area contributed by atoms with Gasteiger partial charge in [0, 0.05) is 26.1 Å². The van der Waals surface area contributed by atoms with E-state index in [9.17, 15) is 9.59 Å². The largest absolute Gasteiger partial charge is 0.396 e. The van der Waals surface area contributed by atoms with E-state index in [0.29, 0.717) is 30.8 Å². The maximum Gasteiger partial charge on any atom is 0.261 e. The first-order valence-corrected chi connectivity index (χ1v) is 8.20. The average Bonchev–Trinajstić information content (AvgIpc) is 3.02. The Bertz CT molecular complexity index is 421. The van der Waals surface area contributed by atoms with E-state index in [1.165, 1.54) is 11.3 Å². The van der Waals surface area contributed by atoms with Crippen LogP contribution in [0, 0.1) is 5.92 Å². The highest BCUT2D eigenvalue weighted by Crippen LogP contribution is 2.07. The Hall–Kier alpha value is -1.40. The standard InChI is InChI=1S/C15H24N2O3S/c1-12(11-18)5-2-8-16-14(19)7-3-9-17-15(20)13-6-4-10-21-13/h4,6,10,12,18H,2-3,5,7-9,11H2,1H3,(H,16,19)(H,17,20). The zero-order chi connectivity index (χ0) is 15.5. The first-order valence-electron chi connectivity index (χ1n) is 7.32. The van der Waals surface area contributed by atoms with E-state index in [-0.39, 0.29) is 24.3 Å². The molecule has 1 heterocycles. The van der Waals surface area contributed by atoms with Crippen molar-refractivity contribution in [2.45, 2.75) is 32.6 Å². The molecule has 1 atom stereocenters. The summed E-state index contributed by atoms with van der Waals surface area (Å²) in [7, 11) is 0. The van der Waals surface area contributed by atoms with Gasteiger partial charge in [0.15, 0.2) is 0 Å². The lowest BCUT2D eigenvalue weighted by Crippen LogP contribution is -2.27. The maximum atomic E-state index is 11.6. The van der Waals surface area contributed by atoms with Crippen molar-refractivity contribution < 1.29 is 14.7 Å². The summed E-state index contributed by atoms with van der Waals surface area (Å²) in [5, 5.41) is 16.4. The van der Waals surface area contributed by atoms with E-state index in [4.69, 9.17) is 5.11 Å². The van der Waals surface area contributed by atoms with Crippen LogP contribution in [-0.4, -0.2) is 36.6 Å². The molecule has 0 radical (unpaired) electrons. The highest BCUT2D eigenvalue weighted by molar-refractivity contribution is 7.12. The minimum absolute atomic E-state index is 0.0111. The molecule has 0 bridgehead atoms. The fourth-order valence-electron chi connectivity index (χ4n) is 1.80. The molecule has 0 aliphatic rings. The molecule has 0 aliphatic carbocycles. The van der Waals surface area contributed by atoms with E-state index < -0.39 is 0 Å². The molecule has 5 nitrogen and oxygen atoms in total. The van der Waals surface area contributed by atoms with Gasteiger partial charge in [-0.2, -0.15) is 0 Å². The Morgan fingerprint density at radius 2 is 2.05 bits per heavy atom. The summed E-state index contributed by atoms with van der Waals surface area (Å²) in [6.45, 7) is 3.33. The monoisotopic (exact) mass is 312 g/mol. The van der Waals surface area contributed by atoms with E-state index in [1.54, 1.807) is 6.07 Å². The summed E-state index contributed by atoms with van der Waals surface area (Å²) >= 11 is 1.40. The Balaban J connectivity index is 1.99. The van der Waals surface area contributed by atoms with Gasteiger partial charge in [-0.1, -0.05) is 13.0 Å². The fraction of sp³-hybridized carbons (Fsp3) is 0.600. The first-order chi connectivity index (χ1) is 10.1. The van der Waals surface area contributed by atoms with Gasteiger partial charge in [-0.25, -0.2) is 0 Å². The predicted molar refractivity (Wildman–Crippen MR) is 84.4 cm³/mol. The number of thiophene rings is 1. The van der Waals surface area contributed by atoms with Gasteiger partial charge < -0.3 is 15.7 Å². The average molecular weight is 312 g/mol. The maximum absolute atomic E-state index is 11.6. The second kappa shape index (κ2) is 10.3. The molecule has 0 spiro atoms. The number of rotatable bonds is 10. The van der Waals surface area contributed by atoms with Gasteiger partial charge in [0.05, 0.1) is 4.88 Å². The van der Waals surface area contributed by atoms with Gasteiger partial charge in [0.25, 0.3) is 5.91 Å². The minimum atomic E-state index is -0.0802. The van der Waals surface area contributed by atoms with Gasteiger partial charge in [0.1, 0.15) is 0 Å². The molecule has 2 amide bonds. The van der Waals surface area contributed by atoms with Crippen molar-refractivity contribution >= 4 is 23.2 Å². The van der Waals surface area contributed by atoms with Crippen molar-refractivity contribution in [3.8, 4) is 0 Å². The van der Waals surface area contributed by atoms with Crippen LogP contribution in [0.25, 0.3) is 0 Å². The van der Waals surface area contributed by atoms with Gasteiger partial charge in [0.2, 0.25) is 5.91 Å². The highest BCUT2D eigenvalue weighted by Gasteiger charge is 2.06. The zero-order valence-electron chi connectivity index (χ0n) is 12.4. The summed E-state index contributed by atoms with van der Waals surface area (Å²) in [4.78, 5) is 23.9. The molecule has 21 heavy (non-hydrogen) atoms. The van der Waals surface area contributed by atoms with Gasteiger partial charge >= 0.3 is 0 Å². The Labute approximate surface area is 129 Å². The molecule has 1 unspecified atom stereocenters. The van der Waals surface area contributed by atoms with E-state index in [2.05, 4.69) is 10.6 Å². The normalized spacial score (nSPS) is 11.9. The SMILES string of the molecule is CC(CO)CCCNC(=O)CCCNC(=O)c1cccs1. The van der Waals surface area contributed by atoms with Crippen molar-refractivity contribution in [2.75, 3.05) is 19.7 Å². The molecule has 6 heteroatoms. The Kier molecular flexibility index (Phi) is 8.69. The smallest absolute Gasteiger partial charge is 0.261 e. The van der Waals surface area contributed by atoms with Crippen molar-refractivity contribution in [3.63, 3.8) is 0 Å². The topological polar surface area (TPSA) is 78.4 Å². The van der Waals surface area contributed by atoms with Crippen LogP contribution >= 0.6 is 11.3 Å². The van der Waals surface area contributed by atoms with Crippen LogP contribution in [0.4, 0.5) is 0 Å². The lowest BCUT2D eigenvalue weighted by molar-refractivity contribution is -0.121. The van der Waals surface area contributed by atoms with Gasteiger partial charge in [-0.05, 0) is 36.6 Å². The molecular formula is C15H24N2O3S. The van der Waals surface area contributed by atoms with Crippen LogP contribution < -0.4 is 10.6 Å². The number of aliphatic hydroxyl groups is 1. The van der Waals surface area contributed by atoms with Crippen LogP contribution in [0.3, 0.4) is 0 Å². The third kappa shape index (κ3) is 7.82. The molecule has 0 aromatic carbocycles. The van der Waals surface area contributed by atoms with Crippen molar-refractivity contribution in [3.05, 3.63) is 22.4 Å². The number of hydrogen-bond donors (Lipinski definition) is 3. The van der Waals surface area contributed by atoms with Gasteiger partial charge in [-0.3, -0.25) is 9.59 Å². The minimum Gasteiger partial charge on any atom is -0.396 e. The molecular weight excluding hydrogens is 288 g/mol. The lowest BCUT2D eigenvalue weighted by atomic mass is 10.1. The quantitative estimate of drug-likeness (QED) is 0.576. The lowest BCUT2D eigenvalue weighted by Gasteiger charge is -2.08. The van der Waals surface area contributed by atoms with Gasteiger partial charge in [-0.15, -0.1) is 11.3 Å². The fourth-order valence-corrected chi connectivity index (χ4v) is 2.44. The number of nitrogens with one attached hydrogen (secondary N) is 2. The molecule has 0 saturated heterocycles. The van der Waals surface area contributed by atoms with Crippen LogP contribution in [0.5, 0.6) is 0 Å². The van der Waals surface area contributed by atoms with E-state index in [1.807, 2.05) is 18.4 Å². The summed E-state index contributed by atoms with van der Waals surface area (Å²) < 4.78 is 0. The zero-order valence-corrected chi connectivity index (χ0v) is 13.2. The number of carbonyl (C=O) groups excluding carboxylic acids is 2.